The second-order valence-electron chi connectivity index (χ2n) is 4.62. The molecule has 6 nitrogen and oxygen atoms in total. The van der Waals surface area contributed by atoms with Crippen LogP contribution in [0, 0.1) is 0 Å². The summed E-state index contributed by atoms with van der Waals surface area (Å²) in [7, 11) is 1.77. The molecule has 2 heterocycles. The van der Waals surface area contributed by atoms with Gasteiger partial charge in [0.2, 0.25) is 0 Å². The van der Waals surface area contributed by atoms with Gasteiger partial charge in [-0.1, -0.05) is 18.3 Å². The van der Waals surface area contributed by atoms with Crippen LogP contribution >= 0.6 is 11.3 Å². The van der Waals surface area contributed by atoms with Crippen molar-refractivity contribution in [1.82, 2.24) is 14.8 Å². The molecule has 0 radical (unpaired) electrons. The van der Waals surface area contributed by atoms with Gasteiger partial charge in [0, 0.05) is 33.2 Å². The molecule has 3 N–H and O–H groups in total. The highest BCUT2D eigenvalue weighted by molar-refractivity contribution is 7.18. The van der Waals surface area contributed by atoms with Crippen LogP contribution in [0.4, 0.5) is 10.9 Å². The van der Waals surface area contributed by atoms with E-state index in [0.29, 0.717) is 15.8 Å². The lowest BCUT2D eigenvalue weighted by molar-refractivity contribution is 0.0643. The second-order valence-corrected chi connectivity index (χ2v) is 5.62. The number of carbonyl (C=O) groups is 1. The number of carbonyl (C=O) groups excluding carboxylic acids is 1. The van der Waals surface area contributed by atoms with Crippen LogP contribution in [-0.2, 0) is 0 Å². The van der Waals surface area contributed by atoms with Crippen molar-refractivity contribution in [3.8, 4) is 0 Å². The van der Waals surface area contributed by atoms with Crippen molar-refractivity contribution in [2.75, 3.05) is 50.8 Å². The molecule has 1 aromatic heterocycles. The topological polar surface area (TPSA) is 74.5 Å². The Kier molecular flexibility index (Phi) is 4.60. The zero-order chi connectivity index (χ0) is 13.8. The number of aromatic nitrogens is 1. The zero-order valence-electron chi connectivity index (χ0n) is 11.5. The fourth-order valence-electron chi connectivity index (χ4n) is 2.23. The third kappa shape index (κ3) is 3.16. The number of nitrogens with one attached hydrogen (secondary N) is 1. The fourth-order valence-corrected chi connectivity index (χ4v) is 3.03. The van der Waals surface area contributed by atoms with E-state index < -0.39 is 0 Å². The molecule has 19 heavy (non-hydrogen) atoms. The molecule has 7 heteroatoms. The van der Waals surface area contributed by atoms with Gasteiger partial charge in [0.15, 0.2) is 5.13 Å². The molecule has 1 fully saturated rings. The highest BCUT2D eigenvalue weighted by Gasteiger charge is 2.25. The van der Waals surface area contributed by atoms with Crippen molar-refractivity contribution in [3.63, 3.8) is 0 Å². The summed E-state index contributed by atoms with van der Waals surface area (Å²) >= 11 is 1.32. The van der Waals surface area contributed by atoms with Crippen molar-refractivity contribution in [2.45, 2.75) is 13.3 Å². The molecule has 0 aromatic carbocycles. The summed E-state index contributed by atoms with van der Waals surface area (Å²) in [5, 5.41) is 3.60. The maximum atomic E-state index is 12.4. The van der Waals surface area contributed by atoms with Gasteiger partial charge in [-0.3, -0.25) is 9.69 Å². The van der Waals surface area contributed by atoms with Crippen LogP contribution in [-0.4, -0.2) is 60.5 Å². The molecule has 0 bridgehead atoms. The maximum Gasteiger partial charge on any atom is 0.267 e. The number of piperazine rings is 1. The van der Waals surface area contributed by atoms with Gasteiger partial charge >= 0.3 is 0 Å². The van der Waals surface area contributed by atoms with E-state index in [4.69, 9.17) is 5.73 Å². The van der Waals surface area contributed by atoms with E-state index in [9.17, 15) is 4.79 Å². The van der Waals surface area contributed by atoms with E-state index in [0.717, 1.165) is 39.1 Å². The number of hydrogen-bond acceptors (Lipinski definition) is 6. The number of nitrogens with two attached hydrogens (primary N) is 1. The Morgan fingerprint density at radius 1 is 1.42 bits per heavy atom. The first-order chi connectivity index (χ1) is 9.15. The van der Waals surface area contributed by atoms with E-state index in [1.54, 1.807) is 7.05 Å². The summed E-state index contributed by atoms with van der Waals surface area (Å²) in [5.74, 6) is 0.336. The molecule has 0 atom stereocenters. The summed E-state index contributed by atoms with van der Waals surface area (Å²) in [5.41, 5.74) is 5.80. The zero-order valence-corrected chi connectivity index (χ0v) is 12.3. The molecule has 0 spiro atoms. The van der Waals surface area contributed by atoms with Crippen LogP contribution in [0.5, 0.6) is 0 Å². The highest BCUT2D eigenvalue weighted by atomic mass is 32.1. The molecule has 0 unspecified atom stereocenters. The SMILES string of the molecule is CCCN1CCN(C(=O)c2sc(NC)nc2N)CC1. The Labute approximate surface area is 117 Å². The Bertz CT molecular complexity index is 439. The summed E-state index contributed by atoms with van der Waals surface area (Å²) in [6.07, 6.45) is 1.15. The van der Waals surface area contributed by atoms with Crippen molar-refractivity contribution in [2.24, 2.45) is 0 Å². The van der Waals surface area contributed by atoms with Crippen LogP contribution in [0.3, 0.4) is 0 Å². The van der Waals surface area contributed by atoms with Crippen molar-refractivity contribution in [3.05, 3.63) is 4.88 Å². The largest absolute Gasteiger partial charge is 0.382 e. The van der Waals surface area contributed by atoms with Crippen molar-refractivity contribution in [1.29, 1.82) is 0 Å². The summed E-state index contributed by atoms with van der Waals surface area (Å²) in [6.45, 7) is 6.70. The Balaban J connectivity index is 1.99. The van der Waals surface area contributed by atoms with E-state index in [1.165, 1.54) is 11.3 Å². The molecular weight excluding hydrogens is 262 g/mol. The van der Waals surface area contributed by atoms with E-state index in [1.807, 2.05) is 4.90 Å². The standard InChI is InChI=1S/C12H21N5OS/c1-3-4-16-5-7-17(8-6-16)11(18)9-10(13)15-12(14-2)19-9/h3-8,13H2,1-2H3,(H,14,15). The fraction of sp³-hybridized carbons (Fsp3) is 0.667. The third-order valence-corrected chi connectivity index (χ3v) is 4.34. The number of hydrogen-bond donors (Lipinski definition) is 2. The van der Waals surface area contributed by atoms with Gasteiger partial charge in [-0.25, -0.2) is 4.98 Å². The van der Waals surface area contributed by atoms with Gasteiger partial charge in [-0.2, -0.15) is 0 Å². The van der Waals surface area contributed by atoms with Gasteiger partial charge in [0.05, 0.1) is 0 Å². The maximum absolute atomic E-state index is 12.4. The van der Waals surface area contributed by atoms with E-state index >= 15 is 0 Å². The van der Waals surface area contributed by atoms with Crippen LogP contribution in [0.2, 0.25) is 0 Å². The van der Waals surface area contributed by atoms with Gasteiger partial charge in [0.1, 0.15) is 10.7 Å². The number of rotatable bonds is 4. The van der Waals surface area contributed by atoms with Gasteiger partial charge < -0.3 is 16.0 Å². The van der Waals surface area contributed by atoms with Crippen molar-refractivity contribution >= 4 is 28.2 Å². The predicted molar refractivity (Wildman–Crippen MR) is 78.7 cm³/mol. The van der Waals surface area contributed by atoms with Gasteiger partial charge in [-0.05, 0) is 13.0 Å². The highest BCUT2D eigenvalue weighted by Crippen LogP contribution is 2.26. The Morgan fingerprint density at radius 3 is 2.63 bits per heavy atom. The predicted octanol–water partition coefficient (Wildman–Crippen LogP) is 0.935. The normalized spacial score (nSPS) is 16.6. The monoisotopic (exact) mass is 283 g/mol. The number of amides is 1. The number of anilines is 2. The lowest BCUT2D eigenvalue weighted by atomic mass is 10.3. The third-order valence-electron chi connectivity index (χ3n) is 3.26. The van der Waals surface area contributed by atoms with E-state index in [-0.39, 0.29) is 5.91 Å². The summed E-state index contributed by atoms with van der Waals surface area (Å²) < 4.78 is 0. The first-order valence-electron chi connectivity index (χ1n) is 6.61. The molecule has 1 aliphatic rings. The summed E-state index contributed by atoms with van der Waals surface area (Å²) in [4.78, 5) is 21.3. The molecule has 1 saturated heterocycles. The van der Waals surface area contributed by atoms with Crippen LogP contribution < -0.4 is 11.1 Å². The number of thiazole rings is 1. The lowest BCUT2D eigenvalue weighted by Gasteiger charge is -2.34. The first kappa shape index (κ1) is 14.1. The Morgan fingerprint density at radius 2 is 2.11 bits per heavy atom. The molecule has 0 aliphatic carbocycles. The Hall–Kier alpha value is -1.34. The minimum absolute atomic E-state index is 0.00708. The van der Waals surface area contributed by atoms with Gasteiger partial charge in [0.25, 0.3) is 5.91 Å². The average Bonchev–Trinajstić information content (AvgIpc) is 2.80. The molecule has 1 aliphatic heterocycles. The minimum Gasteiger partial charge on any atom is -0.382 e. The van der Waals surface area contributed by atoms with Crippen LogP contribution in [0.15, 0.2) is 0 Å². The number of nitrogen functional groups attached to an aromatic ring is 1. The molecule has 1 amide bonds. The molecule has 2 rings (SSSR count). The van der Waals surface area contributed by atoms with E-state index in [2.05, 4.69) is 22.1 Å². The average molecular weight is 283 g/mol. The van der Waals surface area contributed by atoms with Crippen LogP contribution in [0.1, 0.15) is 23.0 Å². The smallest absolute Gasteiger partial charge is 0.267 e. The first-order valence-corrected chi connectivity index (χ1v) is 7.43. The number of nitrogens with zero attached hydrogens (tertiary/aromatic N) is 3. The lowest BCUT2D eigenvalue weighted by Crippen LogP contribution is -2.48. The van der Waals surface area contributed by atoms with Crippen LogP contribution in [0.25, 0.3) is 0 Å². The molecule has 0 saturated carbocycles. The summed E-state index contributed by atoms with van der Waals surface area (Å²) in [6, 6.07) is 0. The van der Waals surface area contributed by atoms with Gasteiger partial charge in [-0.15, -0.1) is 0 Å². The quantitative estimate of drug-likeness (QED) is 0.860. The molecule has 1 aromatic rings. The second kappa shape index (κ2) is 6.21. The molecule has 106 valence electrons. The minimum atomic E-state index is 0.00708. The van der Waals surface area contributed by atoms with Crippen molar-refractivity contribution < 1.29 is 4.79 Å². The molecular formula is C12H21N5OS.